The average Bonchev–Trinajstić information content (AvgIpc) is 2.89. The Morgan fingerprint density at radius 2 is 1.75 bits per heavy atom. The molecule has 2 heteroatoms. The average molecular weight is 266 g/mol. The largest absolute Gasteiger partial charge is 0.493 e. The molecule has 0 saturated heterocycles. The van der Waals surface area contributed by atoms with Gasteiger partial charge in [0.25, 0.3) is 0 Å². The number of ether oxygens (including phenoxy) is 1. The van der Waals surface area contributed by atoms with Crippen LogP contribution in [0.3, 0.4) is 0 Å². The number of rotatable bonds is 4. The first-order valence-electron chi connectivity index (χ1n) is 6.94. The highest BCUT2D eigenvalue weighted by molar-refractivity contribution is 5.82. The molecule has 3 rings (SSSR count). The van der Waals surface area contributed by atoms with Crippen LogP contribution < -0.4 is 4.74 Å². The number of furan rings is 1. The Hall–Kier alpha value is -2.22. The summed E-state index contributed by atoms with van der Waals surface area (Å²) in [5.41, 5.74) is 1.99. The summed E-state index contributed by atoms with van der Waals surface area (Å²) < 4.78 is 11.5. The van der Waals surface area contributed by atoms with E-state index < -0.39 is 0 Å². The van der Waals surface area contributed by atoms with Crippen molar-refractivity contribution in [2.24, 2.45) is 5.92 Å². The monoisotopic (exact) mass is 266 g/mol. The van der Waals surface area contributed by atoms with Crippen LogP contribution in [-0.2, 0) is 0 Å². The van der Waals surface area contributed by atoms with E-state index in [2.05, 4.69) is 26.0 Å². The third kappa shape index (κ3) is 2.69. The van der Waals surface area contributed by atoms with Crippen molar-refractivity contribution in [1.82, 2.24) is 0 Å². The maximum atomic E-state index is 5.85. The van der Waals surface area contributed by atoms with Crippen LogP contribution in [0.2, 0.25) is 0 Å². The van der Waals surface area contributed by atoms with E-state index in [9.17, 15) is 0 Å². The zero-order valence-corrected chi connectivity index (χ0v) is 11.8. The Balaban J connectivity index is 1.83. The second kappa shape index (κ2) is 5.41. The predicted molar refractivity (Wildman–Crippen MR) is 82.0 cm³/mol. The van der Waals surface area contributed by atoms with Crippen LogP contribution >= 0.6 is 0 Å². The first kappa shape index (κ1) is 12.8. The SMILES string of the molecule is CC(C)COc1ccc(-c2cc3ccccc3o2)cc1. The van der Waals surface area contributed by atoms with Crippen molar-refractivity contribution >= 4 is 11.0 Å². The van der Waals surface area contributed by atoms with Crippen LogP contribution in [0.4, 0.5) is 0 Å². The van der Waals surface area contributed by atoms with Gasteiger partial charge >= 0.3 is 0 Å². The molecule has 2 nitrogen and oxygen atoms in total. The van der Waals surface area contributed by atoms with Crippen molar-refractivity contribution in [2.75, 3.05) is 6.61 Å². The zero-order chi connectivity index (χ0) is 13.9. The van der Waals surface area contributed by atoms with Gasteiger partial charge in [-0.15, -0.1) is 0 Å². The van der Waals surface area contributed by atoms with E-state index >= 15 is 0 Å². The molecular formula is C18H18O2. The molecule has 3 aromatic rings. The van der Waals surface area contributed by atoms with Crippen molar-refractivity contribution < 1.29 is 9.15 Å². The van der Waals surface area contributed by atoms with Crippen LogP contribution in [0.5, 0.6) is 5.75 Å². The van der Waals surface area contributed by atoms with Gasteiger partial charge in [0.15, 0.2) is 0 Å². The fraction of sp³-hybridized carbons (Fsp3) is 0.222. The van der Waals surface area contributed by atoms with Gasteiger partial charge in [-0.3, -0.25) is 0 Å². The molecule has 0 aliphatic carbocycles. The van der Waals surface area contributed by atoms with Gasteiger partial charge in [-0.1, -0.05) is 32.0 Å². The molecule has 0 amide bonds. The number of fused-ring (bicyclic) bond motifs is 1. The highest BCUT2D eigenvalue weighted by Gasteiger charge is 2.06. The molecule has 20 heavy (non-hydrogen) atoms. The van der Waals surface area contributed by atoms with Crippen LogP contribution in [0.1, 0.15) is 13.8 Å². The third-order valence-corrected chi connectivity index (χ3v) is 3.15. The summed E-state index contributed by atoms with van der Waals surface area (Å²) in [6, 6.07) is 18.2. The second-order valence-corrected chi connectivity index (χ2v) is 5.38. The van der Waals surface area contributed by atoms with E-state index in [1.165, 1.54) is 0 Å². The lowest BCUT2D eigenvalue weighted by Gasteiger charge is -2.08. The molecule has 0 saturated carbocycles. The number of hydrogen-bond donors (Lipinski definition) is 0. The highest BCUT2D eigenvalue weighted by atomic mass is 16.5. The summed E-state index contributed by atoms with van der Waals surface area (Å²) in [5.74, 6) is 2.32. The van der Waals surface area contributed by atoms with Crippen LogP contribution in [-0.4, -0.2) is 6.61 Å². The lowest BCUT2D eigenvalue weighted by atomic mass is 10.1. The van der Waals surface area contributed by atoms with E-state index in [4.69, 9.17) is 9.15 Å². The minimum Gasteiger partial charge on any atom is -0.493 e. The van der Waals surface area contributed by atoms with Gasteiger partial charge in [0.05, 0.1) is 6.61 Å². The normalized spacial score (nSPS) is 11.2. The number of para-hydroxylation sites is 1. The predicted octanol–water partition coefficient (Wildman–Crippen LogP) is 5.13. The Labute approximate surface area is 119 Å². The van der Waals surface area contributed by atoms with Crippen molar-refractivity contribution in [2.45, 2.75) is 13.8 Å². The van der Waals surface area contributed by atoms with Gasteiger partial charge in [0.1, 0.15) is 17.1 Å². The maximum Gasteiger partial charge on any atom is 0.135 e. The standard InChI is InChI=1S/C18H18O2/c1-13(2)12-19-16-9-7-14(8-10-16)18-11-15-5-3-4-6-17(15)20-18/h3-11,13H,12H2,1-2H3. The first-order valence-corrected chi connectivity index (χ1v) is 6.94. The number of hydrogen-bond acceptors (Lipinski definition) is 2. The zero-order valence-electron chi connectivity index (χ0n) is 11.8. The Morgan fingerprint density at radius 1 is 1.00 bits per heavy atom. The second-order valence-electron chi connectivity index (χ2n) is 5.38. The molecule has 1 aromatic heterocycles. The molecule has 2 aromatic carbocycles. The first-order chi connectivity index (χ1) is 9.72. The lowest BCUT2D eigenvalue weighted by molar-refractivity contribution is 0.271. The summed E-state index contributed by atoms with van der Waals surface area (Å²) >= 11 is 0. The molecule has 0 unspecified atom stereocenters. The maximum absolute atomic E-state index is 5.85. The fourth-order valence-corrected chi connectivity index (χ4v) is 2.10. The lowest BCUT2D eigenvalue weighted by Crippen LogP contribution is -2.04. The van der Waals surface area contributed by atoms with Crippen molar-refractivity contribution in [3.05, 3.63) is 54.6 Å². The topological polar surface area (TPSA) is 22.4 Å². The fourth-order valence-electron chi connectivity index (χ4n) is 2.10. The summed E-state index contributed by atoms with van der Waals surface area (Å²) in [5, 5.41) is 1.13. The summed E-state index contributed by atoms with van der Waals surface area (Å²) in [7, 11) is 0. The van der Waals surface area contributed by atoms with E-state index in [-0.39, 0.29) is 0 Å². The van der Waals surface area contributed by atoms with Gasteiger partial charge in [-0.25, -0.2) is 0 Å². The van der Waals surface area contributed by atoms with Crippen molar-refractivity contribution in [3.8, 4) is 17.1 Å². The minimum absolute atomic E-state index is 0.532. The van der Waals surface area contributed by atoms with Gasteiger partial charge < -0.3 is 9.15 Å². The molecule has 0 bridgehead atoms. The molecule has 0 aliphatic heterocycles. The molecule has 102 valence electrons. The quantitative estimate of drug-likeness (QED) is 0.652. The Morgan fingerprint density at radius 3 is 2.45 bits per heavy atom. The minimum atomic E-state index is 0.532. The summed E-state index contributed by atoms with van der Waals surface area (Å²) in [6.07, 6.45) is 0. The van der Waals surface area contributed by atoms with E-state index in [1.807, 2.05) is 42.5 Å². The van der Waals surface area contributed by atoms with E-state index in [0.717, 1.165) is 34.6 Å². The molecule has 0 N–H and O–H groups in total. The van der Waals surface area contributed by atoms with Gasteiger partial charge in [0.2, 0.25) is 0 Å². The van der Waals surface area contributed by atoms with Gasteiger partial charge in [0, 0.05) is 10.9 Å². The molecule has 0 aliphatic rings. The van der Waals surface area contributed by atoms with Crippen molar-refractivity contribution in [3.63, 3.8) is 0 Å². The van der Waals surface area contributed by atoms with Crippen LogP contribution in [0.15, 0.2) is 59.0 Å². The van der Waals surface area contributed by atoms with Gasteiger partial charge in [-0.2, -0.15) is 0 Å². The van der Waals surface area contributed by atoms with E-state index in [0.29, 0.717) is 5.92 Å². The molecular weight excluding hydrogens is 248 g/mol. The smallest absolute Gasteiger partial charge is 0.135 e. The van der Waals surface area contributed by atoms with Crippen molar-refractivity contribution in [1.29, 1.82) is 0 Å². The molecule has 0 spiro atoms. The Bertz CT molecular complexity index is 660. The third-order valence-electron chi connectivity index (χ3n) is 3.15. The van der Waals surface area contributed by atoms with Crippen LogP contribution in [0, 0.1) is 5.92 Å². The Kier molecular flexibility index (Phi) is 3.46. The molecule has 0 atom stereocenters. The van der Waals surface area contributed by atoms with E-state index in [1.54, 1.807) is 0 Å². The molecule has 0 radical (unpaired) electrons. The van der Waals surface area contributed by atoms with Gasteiger partial charge in [-0.05, 0) is 42.3 Å². The summed E-state index contributed by atoms with van der Waals surface area (Å²) in [4.78, 5) is 0. The highest BCUT2D eigenvalue weighted by Crippen LogP contribution is 2.28. The molecule has 1 heterocycles. The van der Waals surface area contributed by atoms with Crippen LogP contribution in [0.25, 0.3) is 22.3 Å². The summed E-state index contributed by atoms with van der Waals surface area (Å²) in [6.45, 7) is 5.02. The molecule has 0 fully saturated rings. The number of benzene rings is 2.